The first-order valence-corrected chi connectivity index (χ1v) is 4.47. The summed E-state index contributed by atoms with van der Waals surface area (Å²) in [5, 5.41) is 19.0. The Kier molecular flexibility index (Phi) is 5.53. The number of alkyl halides is 2. The summed E-state index contributed by atoms with van der Waals surface area (Å²) in [5.41, 5.74) is 3.76. The van der Waals surface area contributed by atoms with Crippen LogP contribution < -0.4 is 5.73 Å². The molecule has 0 amide bonds. The molecular formula is C9H10ClF3N2O3. The number of nitrogens with two attached hydrogens (primary N) is 1. The highest BCUT2D eigenvalue weighted by Gasteiger charge is 2.40. The van der Waals surface area contributed by atoms with Gasteiger partial charge in [0.25, 0.3) is 11.6 Å². The predicted octanol–water partition coefficient (Wildman–Crippen LogP) is 1.78. The second kappa shape index (κ2) is 5.98. The van der Waals surface area contributed by atoms with Crippen LogP contribution in [0.3, 0.4) is 0 Å². The number of nitrogens with zero attached hydrogens (tertiary/aromatic N) is 1. The maximum absolute atomic E-state index is 13.1. The van der Waals surface area contributed by atoms with Crippen molar-refractivity contribution in [1.82, 2.24) is 0 Å². The van der Waals surface area contributed by atoms with Crippen molar-refractivity contribution in [2.75, 3.05) is 6.61 Å². The summed E-state index contributed by atoms with van der Waals surface area (Å²) in [7, 11) is 0. The quantitative estimate of drug-likeness (QED) is 0.652. The molecule has 0 aromatic heterocycles. The van der Waals surface area contributed by atoms with Gasteiger partial charge in [-0.2, -0.15) is 0 Å². The van der Waals surface area contributed by atoms with E-state index in [1.165, 1.54) is 0 Å². The number of benzene rings is 1. The molecule has 1 rings (SSSR count). The van der Waals surface area contributed by atoms with Crippen LogP contribution in [0.2, 0.25) is 0 Å². The second-order valence-electron chi connectivity index (χ2n) is 3.36. The summed E-state index contributed by atoms with van der Waals surface area (Å²) in [5.74, 6) is -4.65. The zero-order chi connectivity index (χ0) is 13.2. The molecule has 0 fully saturated rings. The number of hydrogen-bond acceptors (Lipinski definition) is 4. The van der Waals surface area contributed by atoms with Crippen LogP contribution >= 0.6 is 12.4 Å². The average molecular weight is 287 g/mol. The van der Waals surface area contributed by atoms with E-state index >= 15 is 0 Å². The van der Waals surface area contributed by atoms with Crippen LogP contribution in [-0.2, 0) is 0 Å². The molecule has 9 heteroatoms. The minimum absolute atomic E-state index is 0. The molecule has 18 heavy (non-hydrogen) atoms. The Morgan fingerprint density at radius 2 is 2.06 bits per heavy atom. The second-order valence-corrected chi connectivity index (χ2v) is 3.36. The molecule has 5 nitrogen and oxygen atoms in total. The molecule has 1 atom stereocenters. The molecule has 0 saturated heterocycles. The minimum atomic E-state index is -3.72. The number of aliphatic hydroxyl groups excluding tert-OH is 1. The normalized spacial score (nSPS) is 12.7. The summed E-state index contributed by atoms with van der Waals surface area (Å²) >= 11 is 0. The van der Waals surface area contributed by atoms with Crippen molar-refractivity contribution in [3.8, 4) is 0 Å². The fourth-order valence-corrected chi connectivity index (χ4v) is 1.26. The van der Waals surface area contributed by atoms with Gasteiger partial charge in [-0.15, -0.1) is 12.4 Å². The van der Waals surface area contributed by atoms with Crippen molar-refractivity contribution in [2.24, 2.45) is 5.73 Å². The van der Waals surface area contributed by atoms with Gasteiger partial charge in [0, 0.05) is 0 Å². The molecule has 0 saturated carbocycles. The fourth-order valence-electron chi connectivity index (χ4n) is 1.26. The van der Waals surface area contributed by atoms with Crippen LogP contribution in [0.25, 0.3) is 0 Å². The predicted molar refractivity (Wildman–Crippen MR) is 59.3 cm³/mol. The third kappa shape index (κ3) is 3.31. The van der Waals surface area contributed by atoms with E-state index in [0.29, 0.717) is 6.07 Å². The smallest absolute Gasteiger partial charge is 0.289 e. The fraction of sp³-hybridized carbons (Fsp3) is 0.333. The lowest BCUT2D eigenvalue weighted by molar-refractivity contribution is -0.386. The molecule has 0 spiro atoms. The zero-order valence-corrected chi connectivity index (χ0v) is 9.66. The maximum atomic E-state index is 13.1. The van der Waals surface area contributed by atoms with Gasteiger partial charge in [-0.25, -0.2) is 13.2 Å². The molecule has 0 unspecified atom stereocenters. The first-order valence-electron chi connectivity index (χ1n) is 4.47. The topological polar surface area (TPSA) is 89.4 Å². The van der Waals surface area contributed by atoms with Crippen molar-refractivity contribution in [3.63, 3.8) is 0 Å². The number of nitro groups is 1. The van der Waals surface area contributed by atoms with Crippen LogP contribution in [-0.4, -0.2) is 22.6 Å². The Balaban J connectivity index is 0.00000289. The van der Waals surface area contributed by atoms with Crippen molar-refractivity contribution in [1.29, 1.82) is 0 Å². The molecule has 0 aliphatic heterocycles. The summed E-state index contributed by atoms with van der Waals surface area (Å²) in [6, 6.07) is 0.0218. The van der Waals surface area contributed by atoms with E-state index in [0.717, 1.165) is 12.1 Å². The van der Waals surface area contributed by atoms with Crippen LogP contribution in [0, 0.1) is 15.9 Å². The Morgan fingerprint density at radius 1 is 1.50 bits per heavy atom. The van der Waals surface area contributed by atoms with Gasteiger partial charge in [0.05, 0.1) is 16.6 Å². The van der Waals surface area contributed by atoms with Crippen LogP contribution in [0.4, 0.5) is 18.9 Å². The molecule has 0 aliphatic carbocycles. The average Bonchev–Trinajstić information content (AvgIpc) is 2.28. The number of hydrogen-bond donors (Lipinski definition) is 2. The van der Waals surface area contributed by atoms with Gasteiger partial charge in [-0.1, -0.05) is 0 Å². The largest absolute Gasteiger partial charge is 0.390 e. The van der Waals surface area contributed by atoms with Gasteiger partial charge < -0.3 is 10.8 Å². The number of rotatable bonds is 4. The third-order valence-electron chi connectivity index (χ3n) is 2.19. The SMILES string of the molecule is Cl.N[C@@H](c1ccc(F)cc1[N+](=O)[O-])C(F)(F)CO. The van der Waals surface area contributed by atoms with Crippen molar-refractivity contribution >= 4 is 18.1 Å². The summed E-state index contributed by atoms with van der Waals surface area (Å²) in [6.45, 7) is -1.55. The minimum Gasteiger partial charge on any atom is -0.390 e. The third-order valence-corrected chi connectivity index (χ3v) is 2.19. The molecular weight excluding hydrogens is 277 g/mol. The highest BCUT2D eigenvalue weighted by molar-refractivity contribution is 5.85. The molecule has 102 valence electrons. The molecule has 0 aliphatic rings. The van der Waals surface area contributed by atoms with E-state index in [9.17, 15) is 23.3 Å². The van der Waals surface area contributed by atoms with E-state index in [2.05, 4.69) is 0 Å². The highest BCUT2D eigenvalue weighted by Crippen LogP contribution is 2.34. The Morgan fingerprint density at radius 3 is 2.50 bits per heavy atom. The Bertz CT molecular complexity index is 445. The number of aliphatic hydroxyl groups is 1. The van der Waals surface area contributed by atoms with E-state index in [1.54, 1.807) is 0 Å². The number of nitro benzene ring substituents is 1. The highest BCUT2D eigenvalue weighted by atomic mass is 35.5. The lowest BCUT2D eigenvalue weighted by Gasteiger charge is -2.21. The molecule has 0 radical (unpaired) electrons. The Hall–Kier alpha value is -1.38. The molecule has 1 aromatic carbocycles. The van der Waals surface area contributed by atoms with Gasteiger partial charge in [0.2, 0.25) is 0 Å². The lowest BCUT2D eigenvalue weighted by atomic mass is 10.00. The van der Waals surface area contributed by atoms with Crippen molar-refractivity contribution in [2.45, 2.75) is 12.0 Å². The van der Waals surface area contributed by atoms with Gasteiger partial charge in [0.15, 0.2) is 0 Å². The summed E-state index contributed by atoms with van der Waals surface area (Å²) in [4.78, 5) is 9.56. The van der Waals surface area contributed by atoms with Gasteiger partial charge in [-0.3, -0.25) is 10.1 Å². The lowest BCUT2D eigenvalue weighted by Crippen LogP contribution is -2.36. The monoisotopic (exact) mass is 286 g/mol. The van der Waals surface area contributed by atoms with Gasteiger partial charge in [-0.05, 0) is 12.1 Å². The van der Waals surface area contributed by atoms with Crippen LogP contribution in [0.1, 0.15) is 11.6 Å². The van der Waals surface area contributed by atoms with Crippen LogP contribution in [0.5, 0.6) is 0 Å². The molecule has 3 N–H and O–H groups in total. The standard InChI is InChI=1S/C9H9F3N2O3.ClH/c10-5-1-2-6(7(3-5)14(16)17)8(13)9(11,12)4-15;/h1-3,8,15H,4,13H2;1H/t8-;/m0./s1. The molecule has 0 heterocycles. The van der Waals surface area contributed by atoms with Crippen molar-refractivity contribution in [3.05, 3.63) is 39.7 Å². The van der Waals surface area contributed by atoms with E-state index in [-0.39, 0.29) is 12.4 Å². The molecule has 1 aromatic rings. The van der Waals surface area contributed by atoms with E-state index in [1.807, 2.05) is 0 Å². The summed E-state index contributed by atoms with van der Waals surface area (Å²) < 4.78 is 38.9. The van der Waals surface area contributed by atoms with E-state index < -0.39 is 40.6 Å². The first kappa shape index (κ1) is 16.6. The maximum Gasteiger partial charge on any atom is 0.289 e. The van der Waals surface area contributed by atoms with E-state index in [4.69, 9.17) is 10.8 Å². The summed E-state index contributed by atoms with van der Waals surface area (Å²) in [6.07, 6.45) is 0. The zero-order valence-electron chi connectivity index (χ0n) is 8.85. The van der Waals surface area contributed by atoms with Crippen LogP contribution in [0.15, 0.2) is 18.2 Å². The number of halogens is 4. The Labute approximate surface area is 106 Å². The van der Waals surface area contributed by atoms with Gasteiger partial charge >= 0.3 is 0 Å². The van der Waals surface area contributed by atoms with Crippen molar-refractivity contribution < 1.29 is 23.2 Å². The van der Waals surface area contributed by atoms with Gasteiger partial charge in [0.1, 0.15) is 18.5 Å². The molecule has 0 bridgehead atoms. The first-order chi connectivity index (χ1) is 7.79.